The molecule has 1 aromatic rings. The van der Waals surface area contributed by atoms with Crippen LogP contribution in [0.2, 0.25) is 0 Å². The Hall–Kier alpha value is -0.490. The molecular weight excluding hydrogens is 204 g/mol. The van der Waals surface area contributed by atoms with E-state index in [2.05, 4.69) is 52.0 Å². The highest BCUT2D eigenvalue weighted by Crippen LogP contribution is 2.24. The Balaban J connectivity index is 2.73. The zero-order valence-electron chi connectivity index (χ0n) is 10.2. The van der Waals surface area contributed by atoms with E-state index in [1.54, 1.807) is 0 Å². The summed E-state index contributed by atoms with van der Waals surface area (Å²) in [6.45, 7) is 8.85. The lowest BCUT2D eigenvalue weighted by Crippen LogP contribution is -2.16. The minimum atomic E-state index is 0.195. The molecule has 0 nitrogen and oxygen atoms in total. The Morgan fingerprint density at radius 1 is 1.13 bits per heavy atom. The lowest BCUT2D eigenvalue weighted by atomic mass is 9.87. The monoisotopic (exact) mass is 224 g/mol. The van der Waals surface area contributed by atoms with Gasteiger partial charge in [0.2, 0.25) is 0 Å². The molecule has 0 aromatic heterocycles. The molecule has 0 spiro atoms. The first-order valence-electron chi connectivity index (χ1n) is 5.59. The summed E-state index contributed by atoms with van der Waals surface area (Å²) in [6.07, 6.45) is 1.05. The molecule has 0 N–H and O–H groups in total. The molecule has 0 fully saturated rings. The molecule has 0 aliphatic carbocycles. The van der Waals surface area contributed by atoms with Crippen LogP contribution < -0.4 is 0 Å². The third-order valence-corrected chi connectivity index (χ3v) is 3.41. The van der Waals surface area contributed by atoms with Crippen LogP contribution in [-0.4, -0.2) is 5.88 Å². The average Bonchev–Trinajstić information content (AvgIpc) is 2.18. The summed E-state index contributed by atoms with van der Waals surface area (Å²) in [5, 5.41) is 0. The lowest BCUT2D eigenvalue weighted by Gasteiger charge is -2.21. The van der Waals surface area contributed by atoms with Crippen LogP contribution in [0.25, 0.3) is 0 Å². The summed E-state index contributed by atoms with van der Waals surface area (Å²) in [5.74, 6) is 1.32. The van der Waals surface area contributed by atoms with Crippen molar-refractivity contribution in [2.45, 2.75) is 40.0 Å². The van der Waals surface area contributed by atoms with E-state index in [1.807, 2.05) is 0 Å². The zero-order valence-corrected chi connectivity index (χ0v) is 10.9. The maximum absolute atomic E-state index is 5.92. The maximum Gasteiger partial charge on any atom is 0.0277 e. The van der Waals surface area contributed by atoms with Crippen molar-refractivity contribution in [2.75, 3.05) is 5.88 Å². The van der Waals surface area contributed by atoms with Gasteiger partial charge in [0.25, 0.3) is 0 Å². The second-order valence-electron chi connectivity index (χ2n) is 5.37. The molecule has 15 heavy (non-hydrogen) atoms. The van der Waals surface area contributed by atoms with E-state index in [0.717, 1.165) is 6.42 Å². The summed E-state index contributed by atoms with van der Waals surface area (Å²) in [6, 6.07) is 8.90. The molecular formula is C14H21Cl. The van der Waals surface area contributed by atoms with E-state index in [9.17, 15) is 0 Å². The van der Waals surface area contributed by atoms with E-state index in [0.29, 0.717) is 11.8 Å². The van der Waals surface area contributed by atoms with Crippen molar-refractivity contribution < 1.29 is 0 Å². The van der Waals surface area contributed by atoms with Crippen molar-refractivity contribution in [2.24, 2.45) is 5.41 Å². The van der Waals surface area contributed by atoms with E-state index >= 15 is 0 Å². The van der Waals surface area contributed by atoms with Gasteiger partial charge in [-0.2, -0.15) is 0 Å². The van der Waals surface area contributed by atoms with Gasteiger partial charge in [-0.15, -0.1) is 11.6 Å². The Morgan fingerprint density at radius 3 is 2.07 bits per heavy atom. The minimum Gasteiger partial charge on any atom is -0.126 e. The number of rotatable bonds is 4. The molecule has 0 aliphatic heterocycles. The number of hydrogen-bond donors (Lipinski definition) is 0. The topological polar surface area (TPSA) is 0 Å². The highest BCUT2D eigenvalue weighted by Gasteiger charge is 2.16. The minimum absolute atomic E-state index is 0.195. The first kappa shape index (κ1) is 12.6. The quantitative estimate of drug-likeness (QED) is 0.655. The lowest BCUT2D eigenvalue weighted by molar-refractivity contribution is 0.418. The van der Waals surface area contributed by atoms with Crippen LogP contribution in [0.4, 0.5) is 0 Å². The summed E-state index contributed by atoms with van der Waals surface area (Å²) in [7, 11) is 0. The van der Waals surface area contributed by atoms with Gasteiger partial charge in [0, 0.05) is 5.88 Å². The van der Waals surface area contributed by atoms with Crippen molar-refractivity contribution in [1.82, 2.24) is 0 Å². The fraction of sp³-hybridized carbons (Fsp3) is 0.571. The number of hydrogen-bond acceptors (Lipinski definition) is 0. The van der Waals surface area contributed by atoms with Crippen LogP contribution in [-0.2, 0) is 6.42 Å². The molecule has 0 saturated heterocycles. The summed E-state index contributed by atoms with van der Waals surface area (Å²) in [5.41, 5.74) is 2.98. The highest BCUT2D eigenvalue weighted by molar-refractivity contribution is 6.18. The normalized spacial score (nSPS) is 12.1. The van der Waals surface area contributed by atoms with Crippen molar-refractivity contribution >= 4 is 11.6 Å². The third-order valence-electron chi connectivity index (χ3n) is 2.69. The second kappa shape index (κ2) is 5.03. The molecule has 0 radical (unpaired) electrons. The van der Waals surface area contributed by atoms with Crippen LogP contribution in [0.5, 0.6) is 0 Å². The second-order valence-corrected chi connectivity index (χ2v) is 5.64. The molecule has 1 rings (SSSR count). The van der Waals surface area contributed by atoms with Crippen molar-refractivity contribution in [1.29, 1.82) is 0 Å². The molecule has 0 unspecified atom stereocenters. The van der Waals surface area contributed by atoms with Crippen molar-refractivity contribution in [3.05, 3.63) is 35.4 Å². The van der Waals surface area contributed by atoms with Gasteiger partial charge in [0.15, 0.2) is 0 Å². The fourth-order valence-electron chi connectivity index (χ4n) is 1.62. The predicted octanol–water partition coefficient (Wildman–Crippen LogP) is 4.62. The first-order valence-corrected chi connectivity index (χ1v) is 6.13. The van der Waals surface area contributed by atoms with Crippen LogP contribution in [0, 0.1) is 5.41 Å². The summed E-state index contributed by atoms with van der Waals surface area (Å²) >= 11 is 5.92. The molecule has 0 saturated carbocycles. The first-order chi connectivity index (χ1) is 6.94. The third kappa shape index (κ3) is 3.87. The molecule has 0 amide bonds. The van der Waals surface area contributed by atoms with Gasteiger partial charge in [-0.3, -0.25) is 0 Å². The Morgan fingerprint density at radius 2 is 1.67 bits per heavy atom. The van der Waals surface area contributed by atoms with Crippen LogP contribution in [0.3, 0.4) is 0 Å². The van der Waals surface area contributed by atoms with Crippen LogP contribution >= 0.6 is 11.6 Å². The average molecular weight is 225 g/mol. The van der Waals surface area contributed by atoms with Gasteiger partial charge in [-0.05, 0) is 28.9 Å². The van der Waals surface area contributed by atoms with E-state index < -0.39 is 0 Å². The van der Waals surface area contributed by atoms with Crippen LogP contribution in [0.1, 0.15) is 44.7 Å². The van der Waals surface area contributed by atoms with Gasteiger partial charge < -0.3 is 0 Å². The summed E-state index contributed by atoms with van der Waals surface area (Å²) in [4.78, 5) is 0. The van der Waals surface area contributed by atoms with Gasteiger partial charge in [0.1, 0.15) is 0 Å². The van der Waals surface area contributed by atoms with Gasteiger partial charge in [-0.25, -0.2) is 0 Å². The molecule has 0 aliphatic rings. The maximum atomic E-state index is 5.92. The van der Waals surface area contributed by atoms with E-state index in [-0.39, 0.29) is 5.41 Å². The van der Waals surface area contributed by atoms with Gasteiger partial charge in [-0.1, -0.05) is 52.0 Å². The Bertz CT molecular complexity index is 296. The molecule has 0 heterocycles. The molecule has 1 heteroatoms. The van der Waals surface area contributed by atoms with E-state index in [1.165, 1.54) is 11.1 Å². The Labute approximate surface area is 98.7 Å². The van der Waals surface area contributed by atoms with Crippen LogP contribution in [0.15, 0.2) is 24.3 Å². The number of halogens is 1. The predicted molar refractivity (Wildman–Crippen MR) is 68.7 cm³/mol. The van der Waals surface area contributed by atoms with Crippen molar-refractivity contribution in [3.8, 4) is 0 Å². The molecule has 84 valence electrons. The smallest absolute Gasteiger partial charge is 0.0277 e. The fourth-order valence-corrected chi connectivity index (χ4v) is 1.71. The van der Waals surface area contributed by atoms with Gasteiger partial charge in [0.05, 0.1) is 0 Å². The van der Waals surface area contributed by atoms with Crippen molar-refractivity contribution in [3.63, 3.8) is 0 Å². The Kier molecular flexibility index (Phi) is 4.21. The number of benzene rings is 1. The molecule has 0 bridgehead atoms. The molecule has 1 aromatic carbocycles. The highest BCUT2D eigenvalue weighted by atomic mass is 35.5. The van der Waals surface area contributed by atoms with Gasteiger partial charge >= 0.3 is 0 Å². The molecule has 0 atom stereocenters. The SMILES string of the molecule is CC(C)c1ccc(CC(C)(C)CCl)cc1. The van der Waals surface area contributed by atoms with E-state index in [4.69, 9.17) is 11.6 Å². The standard InChI is InChI=1S/C14H21Cl/c1-11(2)13-7-5-12(6-8-13)9-14(3,4)10-15/h5-8,11H,9-10H2,1-4H3. The summed E-state index contributed by atoms with van der Waals surface area (Å²) < 4.78 is 0. The largest absolute Gasteiger partial charge is 0.126 e. The zero-order chi connectivity index (χ0) is 11.5. The number of alkyl halides is 1.